The van der Waals surface area contributed by atoms with Gasteiger partial charge in [0.05, 0.1) is 12.8 Å². The lowest BCUT2D eigenvalue weighted by atomic mass is 10.0. The van der Waals surface area contributed by atoms with Crippen LogP contribution in [0.15, 0.2) is 84.0 Å². The van der Waals surface area contributed by atoms with E-state index in [1.807, 2.05) is 85.8 Å². The van der Waals surface area contributed by atoms with Crippen molar-refractivity contribution in [2.45, 2.75) is 32.0 Å². The predicted octanol–water partition coefficient (Wildman–Crippen LogP) is 3.72. The van der Waals surface area contributed by atoms with Crippen molar-refractivity contribution in [3.63, 3.8) is 0 Å². The third kappa shape index (κ3) is 6.19. The van der Waals surface area contributed by atoms with Crippen LogP contribution in [0.3, 0.4) is 0 Å². The zero-order valence-corrected chi connectivity index (χ0v) is 18.5. The highest BCUT2D eigenvalue weighted by atomic mass is 16.5. The molecule has 0 aliphatic carbocycles. The Morgan fingerprint density at radius 3 is 2.55 bits per heavy atom. The van der Waals surface area contributed by atoms with Gasteiger partial charge in [-0.15, -0.1) is 0 Å². The summed E-state index contributed by atoms with van der Waals surface area (Å²) in [5, 5.41) is 4.09. The van der Waals surface area contributed by atoms with Crippen LogP contribution in [0, 0.1) is 0 Å². The van der Waals surface area contributed by atoms with Crippen LogP contribution in [0.2, 0.25) is 0 Å². The van der Waals surface area contributed by atoms with Crippen LogP contribution in [-0.4, -0.2) is 24.8 Å². The summed E-state index contributed by atoms with van der Waals surface area (Å²) in [6, 6.07) is 25.2. The lowest BCUT2D eigenvalue weighted by molar-refractivity contribution is -0.122. The topological polar surface area (TPSA) is 84.0 Å². The second kappa shape index (κ2) is 11.3. The Morgan fingerprint density at radius 2 is 1.76 bits per heavy atom. The van der Waals surface area contributed by atoms with E-state index in [0.29, 0.717) is 19.6 Å². The van der Waals surface area contributed by atoms with Gasteiger partial charge in [0.1, 0.15) is 24.1 Å². The highest BCUT2D eigenvalue weighted by Gasteiger charge is 2.30. The standard InChI is InChI=1S/C26H28N4O3/c1-2-32-25-11-7-6-10-21(25)17-27-30-26(31)24-16-23(28-29-24)20-12-14-22(15-13-20)33-18-19-8-4-3-5-9-19/h3-15,17,23-24,28-29H,2,16,18H2,1H3,(H,30,31)/b27-17+. The van der Waals surface area contributed by atoms with E-state index in [1.54, 1.807) is 6.21 Å². The molecule has 7 heteroatoms. The molecular formula is C26H28N4O3. The van der Waals surface area contributed by atoms with Crippen molar-refractivity contribution in [2.24, 2.45) is 5.10 Å². The molecule has 0 aromatic heterocycles. The van der Waals surface area contributed by atoms with Crippen LogP contribution in [0.4, 0.5) is 0 Å². The molecule has 1 aliphatic rings. The first-order chi connectivity index (χ1) is 16.2. The van der Waals surface area contributed by atoms with E-state index in [2.05, 4.69) is 21.4 Å². The van der Waals surface area contributed by atoms with Crippen LogP contribution in [-0.2, 0) is 11.4 Å². The maximum Gasteiger partial charge on any atom is 0.258 e. The molecule has 0 saturated carbocycles. The van der Waals surface area contributed by atoms with Gasteiger partial charge in [0.15, 0.2) is 0 Å². The lowest BCUT2D eigenvalue weighted by Crippen LogP contribution is -2.41. The first-order valence-corrected chi connectivity index (χ1v) is 11.1. The molecule has 4 rings (SSSR count). The largest absolute Gasteiger partial charge is 0.493 e. The number of benzene rings is 3. The smallest absolute Gasteiger partial charge is 0.258 e. The maximum atomic E-state index is 12.5. The highest BCUT2D eigenvalue weighted by molar-refractivity contribution is 5.86. The zero-order valence-electron chi connectivity index (χ0n) is 18.5. The normalized spacial score (nSPS) is 17.7. The number of nitrogens with zero attached hydrogens (tertiary/aromatic N) is 1. The minimum atomic E-state index is -0.386. The molecule has 33 heavy (non-hydrogen) atoms. The number of carbonyl (C=O) groups excluding carboxylic acids is 1. The predicted molar refractivity (Wildman–Crippen MR) is 128 cm³/mol. The monoisotopic (exact) mass is 444 g/mol. The maximum absolute atomic E-state index is 12.5. The number of ether oxygens (including phenoxy) is 2. The Bertz CT molecular complexity index is 1070. The first-order valence-electron chi connectivity index (χ1n) is 11.1. The summed E-state index contributed by atoms with van der Waals surface area (Å²) >= 11 is 0. The van der Waals surface area contributed by atoms with E-state index in [-0.39, 0.29) is 18.0 Å². The summed E-state index contributed by atoms with van der Waals surface area (Å²) in [5.74, 6) is 1.34. The van der Waals surface area contributed by atoms with E-state index in [0.717, 1.165) is 28.2 Å². The average Bonchev–Trinajstić information content (AvgIpc) is 3.35. The second-order valence-corrected chi connectivity index (χ2v) is 7.68. The van der Waals surface area contributed by atoms with Gasteiger partial charge >= 0.3 is 0 Å². The molecule has 3 aromatic rings. The Kier molecular flexibility index (Phi) is 7.68. The molecule has 2 unspecified atom stereocenters. The number of para-hydroxylation sites is 1. The number of rotatable bonds is 9. The fourth-order valence-electron chi connectivity index (χ4n) is 3.60. The molecule has 0 radical (unpaired) electrons. The van der Waals surface area contributed by atoms with E-state index < -0.39 is 0 Å². The van der Waals surface area contributed by atoms with E-state index in [1.165, 1.54) is 0 Å². The molecule has 0 spiro atoms. The molecule has 7 nitrogen and oxygen atoms in total. The van der Waals surface area contributed by atoms with Crippen molar-refractivity contribution < 1.29 is 14.3 Å². The molecule has 2 atom stereocenters. The third-order valence-corrected chi connectivity index (χ3v) is 5.35. The van der Waals surface area contributed by atoms with Crippen LogP contribution < -0.4 is 25.8 Å². The molecule has 3 aromatic carbocycles. The van der Waals surface area contributed by atoms with Crippen LogP contribution in [0.25, 0.3) is 0 Å². The third-order valence-electron chi connectivity index (χ3n) is 5.35. The minimum absolute atomic E-state index is 0.0200. The Hall–Kier alpha value is -3.68. The summed E-state index contributed by atoms with van der Waals surface area (Å²) in [5.41, 5.74) is 11.9. The van der Waals surface area contributed by atoms with Crippen molar-refractivity contribution in [1.82, 2.24) is 16.3 Å². The summed E-state index contributed by atoms with van der Waals surface area (Å²) in [6.45, 7) is 3.02. The van der Waals surface area contributed by atoms with Gasteiger partial charge in [0.25, 0.3) is 5.91 Å². The Labute approximate surface area is 193 Å². The fourth-order valence-corrected chi connectivity index (χ4v) is 3.60. The van der Waals surface area contributed by atoms with Gasteiger partial charge in [-0.2, -0.15) is 5.10 Å². The Morgan fingerprint density at radius 1 is 1.00 bits per heavy atom. The number of hydrazone groups is 1. The van der Waals surface area contributed by atoms with Gasteiger partial charge < -0.3 is 9.47 Å². The van der Waals surface area contributed by atoms with Crippen LogP contribution in [0.1, 0.15) is 36.1 Å². The van der Waals surface area contributed by atoms with Crippen molar-refractivity contribution in [1.29, 1.82) is 0 Å². The molecule has 1 heterocycles. The summed E-state index contributed by atoms with van der Waals surface area (Å²) < 4.78 is 11.4. The summed E-state index contributed by atoms with van der Waals surface area (Å²) in [7, 11) is 0. The molecule has 0 bridgehead atoms. The van der Waals surface area contributed by atoms with Crippen molar-refractivity contribution in [2.75, 3.05) is 6.61 Å². The average molecular weight is 445 g/mol. The molecule has 1 fully saturated rings. The van der Waals surface area contributed by atoms with Crippen molar-refractivity contribution in [3.05, 3.63) is 95.6 Å². The van der Waals surface area contributed by atoms with E-state index in [9.17, 15) is 4.79 Å². The van der Waals surface area contributed by atoms with Gasteiger partial charge in [-0.25, -0.2) is 16.3 Å². The molecule has 1 saturated heterocycles. The van der Waals surface area contributed by atoms with Crippen molar-refractivity contribution >= 4 is 12.1 Å². The summed E-state index contributed by atoms with van der Waals surface area (Å²) in [4.78, 5) is 12.5. The van der Waals surface area contributed by atoms with E-state index in [4.69, 9.17) is 9.47 Å². The number of hydrazine groups is 1. The lowest BCUT2D eigenvalue weighted by Gasteiger charge is -2.11. The van der Waals surface area contributed by atoms with Gasteiger partial charge in [-0.3, -0.25) is 4.79 Å². The number of hydrogen-bond donors (Lipinski definition) is 3. The molecule has 1 aliphatic heterocycles. The minimum Gasteiger partial charge on any atom is -0.493 e. The van der Waals surface area contributed by atoms with E-state index >= 15 is 0 Å². The molecular weight excluding hydrogens is 416 g/mol. The van der Waals surface area contributed by atoms with Crippen LogP contribution >= 0.6 is 0 Å². The number of carbonyl (C=O) groups is 1. The fraction of sp³-hybridized carbons (Fsp3) is 0.231. The second-order valence-electron chi connectivity index (χ2n) is 7.68. The first kappa shape index (κ1) is 22.5. The number of hydrogen-bond acceptors (Lipinski definition) is 6. The quantitative estimate of drug-likeness (QED) is 0.346. The van der Waals surface area contributed by atoms with Gasteiger partial charge in [0, 0.05) is 11.6 Å². The highest BCUT2D eigenvalue weighted by Crippen LogP contribution is 2.25. The van der Waals surface area contributed by atoms with Gasteiger partial charge in [-0.05, 0) is 48.7 Å². The van der Waals surface area contributed by atoms with Crippen LogP contribution in [0.5, 0.6) is 11.5 Å². The number of amides is 1. The Balaban J connectivity index is 1.27. The molecule has 1 amide bonds. The number of nitrogens with one attached hydrogen (secondary N) is 3. The summed E-state index contributed by atoms with van der Waals surface area (Å²) in [6.07, 6.45) is 2.21. The molecule has 170 valence electrons. The SMILES string of the molecule is CCOc1ccccc1/C=N/NC(=O)C1CC(c2ccc(OCc3ccccc3)cc2)NN1. The molecule has 3 N–H and O–H groups in total. The zero-order chi connectivity index (χ0) is 22.9. The van der Waals surface area contributed by atoms with Gasteiger partial charge in [0.2, 0.25) is 0 Å². The van der Waals surface area contributed by atoms with Crippen molar-refractivity contribution in [3.8, 4) is 11.5 Å². The van der Waals surface area contributed by atoms with Gasteiger partial charge in [-0.1, -0.05) is 54.6 Å².